The van der Waals surface area contributed by atoms with Crippen LogP contribution in [-0.4, -0.2) is 43.5 Å². The number of nitrogens with one attached hydrogen (secondary N) is 2. The van der Waals surface area contributed by atoms with Crippen LogP contribution in [0.4, 0.5) is 0 Å². The van der Waals surface area contributed by atoms with Gasteiger partial charge in [-0.25, -0.2) is 0 Å². The van der Waals surface area contributed by atoms with E-state index in [4.69, 9.17) is 0 Å². The highest BCUT2D eigenvalue weighted by Gasteiger charge is 2.26. The standard InChI is InChI=1S/C17H25N3O/c21-17(19-12-15-10-18-11-15)16-6-8-20(9-7-16)13-14-4-2-1-3-5-14/h1-5,15-16,18H,6-13H2,(H,19,21). The van der Waals surface area contributed by atoms with Crippen LogP contribution in [-0.2, 0) is 11.3 Å². The Kier molecular flexibility index (Phi) is 4.88. The molecule has 114 valence electrons. The molecule has 2 N–H and O–H groups in total. The minimum atomic E-state index is 0.213. The number of nitrogens with zero attached hydrogens (tertiary/aromatic N) is 1. The minimum absolute atomic E-state index is 0.213. The van der Waals surface area contributed by atoms with Gasteiger partial charge in [-0.1, -0.05) is 30.3 Å². The first-order valence-electron chi connectivity index (χ1n) is 8.06. The molecule has 2 saturated heterocycles. The fourth-order valence-electron chi connectivity index (χ4n) is 3.08. The Labute approximate surface area is 126 Å². The summed E-state index contributed by atoms with van der Waals surface area (Å²) in [7, 11) is 0. The van der Waals surface area contributed by atoms with Crippen molar-refractivity contribution in [1.29, 1.82) is 0 Å². The molecule has 0 atom stereocenters. The summed E-state index contributed by atoms with van der Waals surface area (Å²) in [5.41, 5.74) is 1.36. The second-order valence-electron chi connectivity index (χ2n) is 6.31. The van der Waals surface area contributed by atoms with Crippen molar-refractivity contribution in [3.63, 3.8) is 0 Å². The normalized spacial score (nSPS) is 21.0. The van der Waals surface area contributed by atoms with Crippen LogP contribution in [0.3, 0.4) is 0 Å². The summed E-state index contributed by atoms with van der Waals surface area (Å²) in [5, 5.41) is 6.36. The molecule has 0 spiro atoms. The molecule has 2 heterocycles. The van der Waals surface area contributed by atoms with E-state index < -0.39 is 0 Å². The largest absolute Gasteiger partial charge is 0.355 e. The zero-order valence-electron chi connectivity index (χ0n) is 12.6. The number of benzene rings is 1. The number of likely N-dealkylation sites (tertiary alicyclic amines) is 1. The van der Waals surface area contributed by atoms with Crippen molar-refractivity contribution in [2.45, 2.75) is 19.4 Å². The number of rotatable bonds is 5. The zero-order valence-corrected chi connectivity index (χ0v) is 12.6. The molecule has 0 radical (unpaired) electrons. The molecular weight excluding hydrogens is 262 g/mol. The molecule has 1 aromatic carbocycles. The Morgan fingerprint density at radius 3 is 2.52 bits per heavy atom. The first kappa shape index (κ1) is 14.5. The molecule has 2 fully saturated rings. The fraction of sp³-hybridized carbons (Fsp3) is 0.588. The predicted molar refractivity (Wildman–Crippen MR) is 83.8 cm³/mol. The maximum atomic E-state index is 12.2. The van der Waals surface area contributed by atoms with Crippen molar-refractivity contribution in [3.05, 3.63) is 35.9 Å². The first-order valence-corrected chi connectivity index (χ1v) is 8.06. The smallest absolute Gasteiger partial charge is 0.223 e. The van der Waals surface area contributed by atoms with Crippen LogP contribution in [0.25, 0.3) is 0 Å². The van der Waals surface area contributed by atoms with Crippen molar-refractivity contribution in [3.8, 4) is 0 Å². The molecule has 0 aromatic heterocycles. The number of carbonyl (C=O) groups excluding carboxylic acids is 1. The molecule has 21 heavy (non-hydrogen) atoms. The highest BCUT2D eigenvalue weighted by Crippen LogP contribution is 2.19. The average Bonchev–Trinajstić information content (AvgIpc) is 2.47. The van der Waals surface area contributed by atoms with Gasteiger partial charge < -0.3 is 10.6 Å². The molecule has 2 aliphatic heterocycles. The van der Waals surface area contributed by atoms with Gasteiger partial charge in [-0.3, -0.25) is 9.69 Å². The Hall–Kier alpha value is -1.39. The number of carbonyl (C=O) groups is 1. The monoisotopic (exact) mass is 287 g/mol. The van der Waals surface area contributed by atoms with Gasteiger partial charge in [-0.2, -0.15) is 0 Å². The summed E-state index contributed by atoms with van der Waals surface area (Å²) < 4.78 is 0. The summed E-state index contributed by atoms with van der Waals surface area (Å²) in [6.07, 6.45) is 1.98. The molecule has 0 saturated carbocycles. The third-order valence-corrected chi connectivity index (χ3v) is 4.64. The van der Waals surface area contributed by atoms with E-state index >= 15 is 0 Å². The predicted octanol–water partition coefficient (Wildman–Crippen LogP) is 1.23. The zero-order chi connectivity index (χ0) is 14.5. The molecule has 0 bridgehead atoms. The first-order chi connectivity index (χ1) is 10.3. The van der Waals surface area contributed by atoms with Crippen LogP contribution in [0, 0.1) is 11.8 Å². The minimum Gasteiger partial charge on any atom is -0.355 e. The quantitative estimate of drug-likeness (QED) is 0.856. The highest BCUT2D eigenvalue weighted by molar-refractivity contribution is 5.78. The molecule has 4 heteroatoms. The van der Waals surface area contributed by atoms with E-state index in [-0.39, 0.29) is 11.8 Å². The highest BCUT2D eigenvalue weighted by atomic mass is 16.1. The molecular formula is C17H25N3O. The van der Waals surface area contributed by atoms with Gasteiger partial charge in [0, 0.05) is 38.0 Å². The lowest BCUT2D eigenvalue weighted by Crippen LogP contribution is -2.49. The molecule has 3 rings (SSSR count). The number of amides is 1. The third kappa shape index (κ3) is 4.05. The second kappa shape index (κ2) is 7.05. The maximum absolute atomic E-state index is 12.2. The van der Waals surface area contributed by atoms with Crippen molar-refractivity contribution >= 4 is 5.91 Å². The van der Waals surface area contributed by atoms with E-state index in [2.05, 4.69) is 45.9 Å². The van der Waals surface area contributed by atoms with Gasteiger partial charge in [0.05, 0.1) is 0 Å². The van der Waals surface area contributed by atoms with Crippen LogP contribution in [0.15, 0.2) is 30.3 Å². The van der Waals surface area contributed by atoms with Gasteiger partial charge in [0.15, 0.2) is 0 Å². The third-order valence-electron chi connectivity index (χ3n) is 4.64. The second-order valence-corrected chi connectivity index (χ2v) is 6.31. The number of piperidine rings is 1. The molecule has 0 aliphatic carbocycles. The van der Waals surface area contributed by atoms with E-state index in [0.29, 0.717) is 5.92 Å². The average molecular weight is 287 g/mol. The van der Waals surface area contributed by atoms with Crippen molar-refractivity contribution in [2.75, 3.05) is 32.7 Å². The SMILES string of the molecule is O=C(NCC1CNC1)C1CCN(Cc2ccccc2)CC1. The summed E-state index contributed by atoms with van der Waals surface area (Å²) in [4.78, 5) is 14.6. The van der Waals surface area contributed by atoms with E-state index in [1.54, 1.807) is 0 Å². The van der Waals surface area contributed by atoms with Gasteiger partial charge in [-0.05, 0) is 31.5 Å². The molecule has 0 unspecified atom stereocenters. The summed E-state index contributed by atoms with van der Waals surface area (Å²) in [5.74, 6) is 1.12. The molecule has 1 aromatic rings. The summed E-state index contributed by atoms with van der Waals surface area (Å²) in [6, 6.07) is 10.6. The van der Waals surface area contributed by atoms with Gasteiger partial charge >= 0.3 is 0 Å². The Balaban J connectivity index is 1.39. The van der Waals surface area contributed by atoms with Gasteiger partial charge in [0.1, 0.15) is 0 Å². The topological polar surface area (TPSA) is 44.4 Å². The van der Waals surface area contributed by atoms with E-state index in [9.17, 15) is 4.79 Å². The van der Waals surface area contributed by atoms with Crippen molar-refractivity contribution < 1.29 is 4.79 Å². The van der Waals surface area contributed by atoms with Crippen LogP contribution in [0.2, 0.25) is 0 Å². The summed E-state index contributed by atoms with van der Waals surface area (Å²) >= 11 is 0. The number of hydrogen-bond acceptors (Lipinski definition) is 3. The van der Waals surface area contributed by atoms with Crippen LogP contribution < -0.4 is 10.6 Å². The van der Waals surface area contributed by atoms with Crippen LogP contribution in [0.1, 0.15) is 18.4 Å². The van der Waals surface area contributed by atoms with E-state index in [1.165, 1.54) is 5.56 Å². The van der Waals surface area contributed by atoms with Crippen molar-refractivity contribution in [1.82, 2.24) is 15.5 Å². The maximum Gasteiger partial charge on any atom is 0.223 e. The lowest BCUT2D eigenvalue weighted by atomic mass is 9.95. The molecule has 2 aliphatic rings. The summed E-state index contributed by atoms with van der Waals surface area (Å²) in [6.45, 7) is 6.00. The van der Waals surface area contributed by atoms with E-state index in [0.717, 1.165) is 52.1 Å². The number of hydrogen-bond donors (Lipinski definition) is 2. The van der Waals surface area contributed by atoms with Crippen LogP contribution >= 0.6 is 0 Å². The lowest BCUT2D eigenvalue weighted by molar-refractivity contribution is -0.126. The van der Waals surface area contributed by atoms with Gasteiger partial charge in [0.2, 0.25) is 5.91 Å². The molecule has 4 nitrogen and oxygen atoms in total. The Morgan fingerprint density at radius 2 is 1.90 bits per heavy atom. The van der Waals surface area contributed by atoms with E-state index in [1.807, 2.05) is 0 Å². The van der Waals surface area contributed by atoms with Gasteiger partial charge in [0.25, 0.3) is 0 Å². The Bertz CT molecular complexity index is 450. The fourth-order valence-corrected chi connectivity index (χ4v) is 3.08. The molecule has 1 amide bonds. The van der Waals surface area contributed by atoms with Gasteiger partial charge in [-0.15, -0.1) is 0 Å². The lowest BCUT2D eigenvalue weighted by Gasteiger charge is -2.32. The Morgan fingerprint density at radius 1 is 1.19 bits per heavy atom. The van der Waals surface area contributed by atoms with Crippen molar-refractivity contribution in [2.24, 2.45) is 11.8 Å². The van der Waals surface area contributed by atoms with Crippen LogP contribution in [0.5, 0.6) is 0 Å².